The van der Waals surface area contributed by atoms with Gasteiger partial charge in [0.05, 0.1) is 11.6 Å². The van der Waals surface area contributed by atoms with Crippen molar-refractivity contribution < 1.29 is 14.7 Å². The van der Waals surface area contributed by atoms with Gasteiger partial charge in [-0.05, 0) is 40.3 Å². The fourth-order valence-electron chi connectivity index (χ4n) is 3.99. The molecule has 5 nitrogen and oxygen atoms in total. The molecule has 166 valence electrons. The number of hydrogen-bond acceptors (Lipinski definition) is 4. The molecule has 5 heteroatoms. The van der Waals surface area contributed by atoms with Gasteiger partial charge in [-0.25, -0.2) is 0 Å². The van der Waals surface area contributed by atoms with Crippen LogP contribution in [0.2, 0.25) is 0 Å². The van der Waals surface area contributed by atoms with Gasteiger partial charge < -0.3 is 10.0 Å². The minimum Gasteiger partial charge on any atom is -0.503 e. The van der Waals surface area contributed by atoms with Gasteiger partial charge in [0, 0.05) is 18.9 Å². The number of carbonyl (C=O) groups excluding carboxylic acids is 2. The molecule has 1 aliphatic rings. The van der Waals surface area contributed by atoms with E-state index in [1.54, 1.807) is 24.5 Å². The van der Waals surface area contributed by atoms with Crippen LogP contribution >= 0.6 is 0 Å². The number of allylic oxidation sites excluding steroid dienone is 1. The summed E-state index contributed by atoms with van der Waals surface area (Å²) < 4.78 is 0. The van der Waals surface area contributed by atoms with Gasteiger partial charge in [-0.15, -0.1) is 0 Å². The van der Waals surface area contributed by atoms with Crippen molar-refractivity contribution in [3.63, 3.8) is 0 Å². The molecule has 2 aromatic carbocycles. The van der Waals surface area contributed by atoms with Crippen molar-refractivity contribution in [3.8, 4) is 0 Å². The molecule has 0 aliphatic carbocycles. The molecule has 0 fully saturated rings. The van der Waals surface area contributed by atoms with Crippen LogP contribution in [0.5, 0.6) is 0 Å². The van der Waals surface area contributed by atoms with Crippen LogP contribution in [-0.2, 0) is 16.1 Å². The van der Waals surface area contributed by atoms with Gasteiger partial charge in [-0.3, -0.25) is 14.6 Å². The zero-order chi connectivity index (χ0) is 23.4. The van der Waals surface area contributed by atoms with E-state index in [9.17, 15) is 14.7 Å². The first-order valence-electron chi connectivity index (χ1n) is 11.0. The quantitative estimate of drug-likeness (QED) is 0.503. The molecule has 0 spiro atoms. The van der Waals surface area contributed by atoms with E-state index >= 15 is 0 Å². The Kier molecular flexibility index (Phi) is 6.50. The van der Waals surface area contributed by atoms with Gasteiger partial charge >= 0.3 is 0 Å². The molecule has 1 aromatic heterocycles. The first-order valence-corrected chi connectivity index (χ1v) is 11.0. The van der Waals surface area contributed by atoms with E-state index in [2.05, 4.69) is 18.8 Å². The Morgan fingerprint density at radius 2 is 1.79 bits per heavy atom. The SMILES string of the molecule is CC(C)c1ccc(C2C(C(=O)/C=C/c3ccccc3)=C(O)C(=O)N2Cc2cccnc2)cc1. The zero-order valence-corrected chi connectivity index (χ0v) is 18.7. The van der Waals surface area contributed by atoms with E-state index in [0.29, 0.717) is 5.92 Å². The Balaban J connectivity index is 1.72. The Bertz CT molecular complexity index is 1200. The minimum absolute atomic E-state index is 0.0911. The van der Waals surface area contributed by atoms with Crippen molar-refractivity contribution in [2.24, 2.45) is 0 Å². The number of aliphatic hydroxyl groups excluding tert-OH is 1. The number of nitrogens with zero attached hydrogens (tertiary/aromatic N) is 2. The lowest BCUT2D eigenvalue weighted by Gasteiger charge is -2.27. The average Bonchev–Trinajstić information content (AvgIpc) is 3.09. The van der Waals surface area contributed by atoms with E-state index in [-0.39, 0.29) is 12.1 Å². The number of hydrogen-bond donors (Lipinski definition) is 1. The molecule has 0 radical (unpaired) electrons. The van der Waals surface area contributed by atoms with Gasteiger partial charge in [-0.2, -0.15) is 0 Å². The normalized spacial score (nSPS) is 16.3. The maximum absolute atomic E-state index is 13.2. The van der Waals surface area contributed by atoms with Crippen LogP contribution < -0.4 is 0 Å². The lowest BCUT2D eigenvalue weighted by Crippen LogP contribution is -2.30. The van der Waals surface area contributed by atoms with Crippen LogP contribution in [0.25, 0.3) is 6.08 Å². The summed E-state index contributed by atoms with van der Waals surface area (Å²) in [6.07, 6.45) is 6.45. The Morgan fingerprint density at radius 3 is 2.42 bits per heavy atom. The van der Waals surface area contributed by atoms with Gasteiger partial charge in [0.25, 0.3) is 5.91 Å². The summed E-state index contributed by atoms with van der Waals surface area (Å²) in [4.78, 5) is 32.0. The van der Waals surface area contributed by atoms with E-state index in [4.69, 9.17) is 0 Å². The fourth-order valence-corrected chi connectivity index (χ4v) is 3.99. The highest BCUT2D eigenvalue weighted by molar-refractivity contribution is 6.14. The van der Waals surface area contributed by atoms with Crippen molar-refractivity contribution in [1.82, 2.24) is 9.88 Å². The molecule has 0 bridgehead atoms. The van der Waals surface area contributed by atoms with Gasteiger partial charge in [0.1, 0.15) is 0 Å². The summed E-state index contributed by atoms with van der Waals surface area (Å²) in [6, 6.07) is 20.3. The van der Waals surface area contributed by atoms with Crippen LogP contribution in [0.1, 0.15) is 48.1 Å². The topological polar surface area (TPSA) is 70.5 Å². The summed E-state index contributed by atoms with van der Waals surface area (Å²) in [5.74, 6) is -1.10. The predicted octanol–water partition coefficient (Wildman–Crippen LogP) is 5.38. The molecule has 0 saturated carbocycles. The van der Waals surface area contributed by atoms with Crippen molar-refractivity contribution in [2.75, 3.05) is 0 Å². The lowest BCUT2D eigenvalue weighted by atomic mass is 9.93. The van der Waals surface area contributed by atoms with E-state index < -0.39 is 23.5 Å². The molecular weight excluding hydrogens is 412 g/mol. The number of amides is 1. The Morgan fingerprint density at radius 1 is 1.06 bits per heavy atom. The maximum Gasteiger partial charge on any atom is 0.290 e. The molecule has 3 aromatic rings. The van der Waals surface area contributed by atoms with Gasteiger partial charge in [-0.1, -0.05) is 80.6 Å². The highest BCUT2D eigenvalue weighted by atomic mass is 16.3. The van der Waals surface area contributed by atoms with E-state index in [0.717, 1.165) is 22.3 Å². The highest BCUT2D eigenvalue weighted by Gasteiger charge is 2.42. The van der Waals surface area contributed by atoms with Crippen LogP contribution in [0.4, 0.5) is 0 Å². The predicted molar refractivity (Wildman–Crippen MR) is 128 cm³/mol. The Labute approximate surface area is 193 Å². The molecule has 4 rings (SSSR count). The summed E-state index contributed by atoms with van der Waals surface area (Å²) >= 11 is 0. The number of aromatic nitrogens is 1. The molecule has 0 saturated heterocycles. The molecular formula is C28H26N2O3. The third-order valence-corrected chi connectivity index (χ3v) is 5.79. The number of rotatable bonds is 7. The largest absolute Gasteiger partial charge is 0.503 e. The number of carbonyl (C=O) groups is 2. The van der Waals surface area contributed by atoms with Crippen LogP contribution in [-0.4, -0.2) is 26.7 Å². The number of benzene rings is 2. The van der Waals surface area contributed by atoms with Crippen molar-refractivity contribution in [1.29, 1.82) is 0 Å². The fraction of sp³-hybridized carbons (Fsp3) is 0.179. The first kappa shape index (κ1) is 22.2. The second kappa shape index (κ2) is 9.65. The first-order chi connectivity index (χ1) is 16.0. The zero-order valence-electron chi connectivity index (χ0n) is 18.7. The standard InChI is InChI=1S/C28H26N2O3/c1-19(2)22-11-13-23(14-12-22)26-25(24(31)15-10-20-7-4-3-5-8-20)27(32)28(33)30(26)18-21-9-6-16-29-17-21/h3-17,19,26,32H,18H2,1-2H3/b15-10+. The molecule has 33 heavy (non-hydrogen) atoms. The molecule has 1 amide bonds. The number of ketones is 1. The van der Waals surface area contributed by atoms with Crippen LogP contribution in [0, 0.1) is 0 Å². The molecule has 1 aliphatic heterocycles. The summed E-state index contributed by atoms with van der Waals surface area (Å²) in [7, 11) is 0. The van der Waals surface area contributed by atoms with Crippen molar-refractivity contribution >= 4 is 17.8 Å². The number of aliphatic hydroxyl groups is 1. The van der Waals surface area contributed by atoms with Crippen LogP contribution in [0.3, 0.4) is 0 Å². The third-order valence-electron chi connectivity index (χ3n) is 5.79. The lowest BCUT2D eigenvalue weighted by molar-refractivity contribution is -0.130. The highest BCUT2D eigenvalue weighted by Crippen LogP contribution is 2.39. The Hall–Kier alpha value is -3.99. The molecule has 1 unspecified atom stereocenters. The number of pyridine rings is 1. The second-order valence-corrected chi connectivity index (χ2v) is 8.39. The van der Waals surface area contributed by atoms with Crippen LogP contribution in [0.15, 0.2) is 96.5 Å². The van der Waals surface area contributed by atoms with Gasteiger partial charge in [0.15, 0.2) is 11.5 Å². The smallest absolute Gasteiger partial charge is 0.290 e. The third kappa shape index (κ3) is 4.77. The molecule has 1 atom stereocenters. The summed E-state index contributed by atoms with van der Waals surface area (Å²) in [5, 5.41) is 10.8. The monoisotopic (exact) mass is 438 g/mol. The molecule has 2 heterocycles. The van der Waals surface area contributed by atoms with E-state index in [1.165, 1.54) is 11.0 Å². The minimum atomic E-state index is -0.688. The average molecular weight is 439 g/mol. The van der Waals surface area contributed by atoms with Crippen molar-refractivity contribution in [2.45, 2.75) is 32.4 Å². The van der Waals surface area contributed by atoms with Crippen molar-refractivity contribution in [3.05, 3.63) is 119 Å². The van der Waals surface area contributed by atoms with E-state index in [1.807, 2.05) is 60.7 Å². The molecule has 1 N–H and O–H groups in total. The maximum atomic E-state index is 13.2. The summed E-state index contributed by atoms with van der Waals surface area (Å²) in [6.45, 7) is 4.45. The second-order valence-electron chi connectivity index (χ2n) is 8.39. The van der Waals surface area contributed by atoms with Gasteiger partial charge in [0.2, 0.25) is 0 Å². The summed E-state index contributed by atoms with van der Waals surface area (Å²) in [5.41, 5.74) is 3.70.